The molecule has 0 amide bonds. The number of nitrogens with two attached hydrogens (primary N) is 1. The van der Waals surface area contributed by atoms with Crippen molar-refractivity contribution in [3.8, 4) is 12.1 Å². The number of allylic oxidation sites excluding steroid dienone is 2. The Balaban J connectivity index is 0.000000249. The van der Waals surface area contributed by atoms with Crippen LogP contribution < -0.4 is 16.0 Å². The van der Waals surface area contributed by atoms with Gasteiger partial charge in [-0.2, -0.15) is 10.5 Å². The number of ether oxygens (including phenoxy) is 1. The molecule has 130 valence electrons. The molecule has 0 radical (unpaired) electrons. The molecule has 1 saturated heterocycles. The average Bonchev–Trinajstić information content (AvgIpc) is 2.57. The minimum absolute atomic E-state index is 0.318. The molecule has 4 N–H and O–H groups in total. The highest BCUT2D eigenvalue weighted by Crippen LogP contribution is 2.50. The van der Waals surface area contributed by atoms with Crippen molar-refractivity contribution in [1.29, 1.82) is 10.5 Å². The largest absolute Gasteiger partial charge is 0.761 e. The standard InChI is InChI=1S/C12H14N4S.C5H11NO/c13-6-8-10(15)16-11(17)9(7-14)12(8)4-2-1-3-5-12;1-6-2-4-7-5-3-6/h16-17H,1-5,15H2;2-5H2,1H3. The number of hydrogen-bond donors (Lipinski definition) is 3. The van der Waals surface area contributed by atoms with E-state index in [2.05, 4.69) is 24.5 Å². The van der Waals surface area contributed by atoms with Crippen molar-refractivity contribution in [2.75, 3.05) is 33.4 Å². The van der Waals surface area contributed by atoms with Crippen molar-refractivity contribution in [2.45, 2.75) is 32.1 Å². The van der Waals surface area contributed by atoms with Gasteiger partial charge in [0.05, 0.1) is 38.0 Å². The van der Waals surface area contributed by atoms with Crippen molar-refractivity contribution < 1.29 is 9.64 Å². The number of hydrogen-bond acceptors (Lipinski definition) is 6. The van der Waals surface area contributed by atoms with Crippen LogP contribution in [0, 0.1) is 28.1 Å². The van der Waals surface area contributed by atoms with Crippen LogP contribution in [0.15, 0.2) is 22.0 Å². The van der Waals surface area contributed by atoms with E-state index in [0.717, 1.165) is 45.3 Å². The fourth-order valence-electron chi connectivity index (χ4n) is 3.55. The van der Waals surface area contributed by atoms with E-state index < -0.39 is 5.41 Å². The number of rotatable bonds is 0. The first-order chi connectivity index (χ1) is 11.5. The zero-order valence-corrected chi connectivity index (χ0v) is 15.0. The summed E-state index contributed by atoms with van der Waals surface area (Å²) in [4.78, 5) is 1.59. The van der Waals surface area contributed by atoms with Gasteiger partial charge in [0.2, 0.25) is 0 Å². The third-order valence-electron chi connectivity index (χ3n) is 4.98. The Kier molecular flexibility index (Phi) is 6.44. The van der Waals surface area contributed by atoms with Gasteiger partial charge in [0.25, 0.3) is 0 Å². The quantitative estimate of drug-likeness (QED) is 0.536. The maximum atomic E-state index is 9.29. The Hall–Kier alpha value is -1.80. The van der Waals surface area contributed by atoms with Gasteiger partial charge in [-0.25, -0.2) is 0 Å². The van der Waals surface area contributed by atoms with Crippen molar-refractivity contribution in [3.05, 3.63) is 22.0 Å². The highest BCUT2D eigenvalue weighted by atomic mass is 32.1. The van der Waals surface area contributed by atoms with Gasteiger partial charge < -0.3 is 33.3 Å². The summed E-state index contributed by atoms with van der Waals surface area (Å²) < 4.78 is 5.12. The molecule has 1 aliphatic carbocycles. The molecule has 0 aromatic rings. The molecule has 2 aliphatic heterocycles. The van der Waals surface area contributed by atoms with Gasteiger partial charge in [0, 0.05) is 11.0 Å². The highest BCUT2D eigenvalue weighted by Gasteiger charge is 2.43. The van der Waals surface area contributed by atoms with E-state index in [1.54, 1.807) is 4.90 Å². The van der Waals surface area contributed by atoms with Crippen molar-refractivity contribution >= 4 is 12.6 Å². The summed E-state index contributed by atoms with van der Waals surface area (Å²) >= 11 is 5.16. The summed E-state index contributed by atoms with van der Waals surface area (Å²) in [7, 11) is 2.20. The molecule has 1 spiro atoms. The zero-order chi connectivity index (χ0) is 17.6. The molecule has 0 unspecified atom stereocenters. The number of quaternary nitrogens is 1. The van der Waals surface area contributed by atoms with E-state index in [0.29, 0.717) is 22.0 Å². The lowest BCUT2D eigenvalue weighted by atomic mass is 9.64. The summed E-state index contributed by atoms with van der Waals surface area (Å²) in [5, 5.41) is 21.7. The normalized spacial score (nSPS) is 23.6. The van der Waals surface area contributed by atoms with Gasteiger partial charge in [-0.3, -0.25) is 0 Å². The molecular formula is C17H25N5OS. The van der Waals surface area contributed by atoms with Gasteiger partial charge in [-0.05, 0) is 12.8 Å². The first kappa shape index (κ1) is 18.5. The second-order valence-electron chi connectivity index (χ2n) is 6.55. The lowest BCUT2D eigenvalue weighted by molar-refractivity contribution is -0.888. The zero-order valence-electron chi connectivity index (χ0n) is 14.2. The van der Waals surface area contributed by atoms with Crippen LogP contribution in [0.5, 0.6) is 0 Å². The number of nitrogens with one attached hydrogen (secondary N) is 2. The monoisotopic (exact) mass is 347 g/mol. The van der Waals surface area contributed by atoms with Crippen LogP contribution in [-0.2, 0) is 17.4 Å². The Morgan fingerprint density at radius 1 is 1.12 bits per heavy atom. The highest BCUT2D eigenvalue weighted by molar-refractivity contribution is 7.63. The van der Waals surface area contributed by atoms with Gasteiger partial charge in [-0.1, -0.05) is 24.3 Å². The van der Waals surface area contributed by atoms with Crippen LogP contribution in [0.2, 0.25) is 0 Å². The molecule has 0 bridgehead atoms. The Bertz CT molecular complexity index is 563. The molecule has 7 heteroatoms. The fourth-order valence-corrected chi connectivity index (χ4v) is 3.90. The minimum Gasteiger partial charge on any atom is -0.761 e. The maximum absolute atomic E-state index is 9.29. The second-order valence-corrected chi connectivity index (χ2v) is 6.96. The summed E-state index contributed by atoms with van der Waals surface area (Å²) in [5.74, 6) is 0.318. The predicted molar refractivity (Wildman–Crippen MR) is 92.9 cm³/mol. The van der Waals surface area contributed by atoms with Crippen molar-refractivity contribution in [2.24, 2.45) is 11.1 Å². The van der Waals surface area contributed by atoms with E-state index in [4.69, 9.17) is 23.1 Å². The van der Waals surface area contributed by atoms with Crippen LogP contribution in [0.25, 0.3) is 0 Å². The lowest BCUT2D eigenvalue weighted by Crippen LogP contribution is -3.11. The molecule has 0 aromatic heterocycles. The molecule has 2 fully saturated rings. The fraction of sp³-hybridized carbons (Fsp3) is 0.647. The van der Waals surface area contributed by atoms with Crippen LogP contribution >= 0.6 is 0 Å². The van der Waals surface area contributed by atoms with Gasteiger partial charge in [-0.15, -0.1) is 0 Å². The van der Waals surface area contributed by atoms with Crippen molar-refractivity contribution in [1.82, 2.24) is 5.32 Å². The van der Waals surface area contributed by atoms with Gasteiger partial charge in [0.1, 0.15) is 18.9 Å². The maximum Gasteiger partial charge on any atom is 0.114 e. The van der Waals surface area contributed by atoms with E-state index in [-0.39, 0.29) is 0 Å². The lowest BCUT2D eigenvalue weighted by Gasteiger charge is -2.43. The van der Waals surface area contributed by atoms with E-state index >= 15 is 0 Å². The minimum atomic E-state index is -0.520. The van der Waals surface area contributed by atoms with E-state index in [1.807, 2.05) is 0 Å². The summed E-state index contributed by atoms with van der Waals surface area (Å²) in [6.45, 7) is 4.26. The van der Waals surface area contributed by atoms with E-state index in [9.17, 15) is 10.5 Å². The molecule has 2 heterocycles. The number of likely N-dealkylation sites (N-methyl/N-ethyl adjacent to an activating group) is 1. The van der Waals surface area contributed by atoms with Gasteiger partial charge in [0.15, 0.2) is 0 Å². The number of nitrogens with zero attached hydrogens (tertiary/aromatic N) is 2. The predicted octanol–water partition coefficient (Wildman–Crippen LogP) is 0.0474. The number of nitriles is 2. The first-order valence-corrected chi connectivity index (χ1v) is 8.84. The second kappa shape index (κ2) is 8.34. The average molecular weight is 347 g/mol. The number of dihydropyridines is 1. The smallest absolute Gasteiger partial charge is 0.114 e. The van der Waals surface area contributed by atoms with Gasteiger partial charge >= 0.3 is 0 Å². The van der Waals surface area contributed by atoms with Crippen LogP contribution in [0.1, 0.15) is 32.1 Å². The Labute approximate surface area is 149 Å². The molecule has 3 rings (SSSR count). The Morgan fingerprint density at radius 2 is 1.71 bits per heavy atom. The molecule has 0 atom stereocenters. The third-order valence-corrected chi connectivity index (χ3v) is 5.28. The molecule has 3 aliphatic rings. The van der Waals surface area contributed by atoms with Crippen LogP contribution in [0.3, 0.4) is 0 Å². The molecule has 24 heavy (non-hydrogen) atoms. The third kappa shape index (κ3) is 3.81. The Morgan fingerprint density at radius 3 is 2.17 bits per heavy atom. The molecule has 6 nitrogen and oxygen atoms in total. The molecule has 1 saturated carbocycles. The van der Waals surface area contributed by atoms with Crippen molar-refractivity contribution in [3.63, 3.8) is 0 Å². The molecular weight excluding hydrogens is 322 g/mol. The molecule has 0 aromatic carbocycles. The topological polar surface area (TPSA) is 99.3 Å². The summed E-state index contributed by atoms with van der Waals surface area (Å²) in [6, 6.07) is 4.33. The summed E-state index contributed by atoms with van der Waals surface area (Å²) in [5.41, 5.74) is 6.32. The number of morpholine rings is 1. The summed E-state index contributed by atoms with van der Waals surface area (Å²) in [6.07, 6.45) is 4.74. The first-order valence-electron chi connectivity index (χ1n) is 8.43. The van der Waals surface area contributed by atoms with Crippen LogP contribution in [0.4, 0.5) is 0 Å². The SMILES string of the molecule is C[NH+]1CCOCC1.N#CC1=C(N)NC([S-])=C(C#N)C12CCCCC2. The van der Waals surface area contributed by atoms with E-state index in [1.165, 1.54) is 13.1 Å². The van der Waals surface area contributed by atoms with Crippen LogP contribution in [-0.4, -0.2) is 33.4 Å².